The summed E-state index contributed by atoms with van der Waals surface area (Å²) >= 11 is 0. The summed E-state index contributed by atoms with van der Waals surface area (Å²) in [7, 11) is -3.60. The number of amides is 1. The molecule has 0 atom stereocenters. The molecule has 2 aromatic carbocycles. The molecule has 0 saturated carbocycles. The van der Waals surface area contributed by atoms with Crippen LogP contribution in [0.15, 0.2) is 41.5 Å². The molecule has 1 amide bonds. The first kappa shape index (κ1) is 20.6. The smallest absolute Gasteiger partial charge is 0.260 e. The van der Waals surface area contributed by atoms with E-state index in [9.17, 15) is 13.2 Å². The molecule has 0 aliphatic heterocycles. The Balaban J connectivity index is 2.10. The summed E-state index contributed by atoms with van der Waals surface area (Å²) in [5.41, 5.74) is 8.20. The lowest BCUT2D eigenvalue weighted by atomic mass is 10.00. The molecular formula is C20H25N3O3S. The number of hydrazone groups is 1. The van der Waals surface area contributed by atoms with Gasteiger partial charge in [0.15, 0.2) is 0 Å². The Morgan fingerprint density at radius 2 is 1.67 bits per heavy atom. The van der Waals surface area contributed by atoms with E-state index >= 15 is 0 Å². The fraction of sp³-hybridized carbons (Fsp3) is 0.300. The van der Waals surface area contributed by atoms with Gasteiger partial charge in [-0.3, -0.25) is 9.10 Å². The van der Waals surface area contributed by atoms with Crippen LogP contribution in [0.4, 0.5) is 5.69 Å². The highest BCUT2D eigenvalue weighted by molar-refractivity contribution is 7.92. The molecule has 6 nitrogen and oxygen atoms in total. The molecule has 0 heterocycles. The molecule has 0 bridgehead atoms. The number of hydrogen-bond donors (Lipinski definition) is 1. The van der Waals surface area contributed by atoms with Gasteiger partial charge in [0.05, 0.1) is 18.2 Å². The zero-order valence-corrected chi connectivity index (χ0v) is 17.1. The van der Waals surface area contributed by atoms with Gasteiger partial charge in [-0.2, -0.15) is 5.10 Å². The topological polar surface area (TPSA) is 78.8 Å². The van der Waals surface area contributed by atoms with Crippen molar-refractivity contribution in [2.24, 2.45) is 5.10 Å². The number of hydrogen-bond acceptors (Lipinski definition) is 4. The first-order valence-corrected chi connectivity index (χ1v) is 10.4. The second-order valence-corrected chi connectivity index (χ2v) is 8.53. The molecule has 0 aliphatic carbocycles. The van der Waals surface area contributed by atoms with Crippen LogP contribution in [0.1, 0.15) is 27.8 Å². The van der Waals surface area contributed by atoms with E-state index in [2.05, 4.69) is 10.5 Å². The first-order valence-electron chi connectivity index (χ1n) is 8.52. The minimum absolute atomic E-state index is 0.342. The molecule has 0 aliphatic rings. The minimum atomic E-state index is -3.60. The standard InChI is InChI=1S/C20H25N3O3S/c1-14-6-10-19(11-7-14)23(27(5,25)26)13-20(24)22-21-12-18-9-8-15(2)16(3)17(18)4/h6-12H,13H2,1-5H3,(H,22,24). The van der Waals surface area contributed by atoms with Crippen LogP contribution in [0.25, 0.3) is 0 Å². The maximum Gasteiger partial charge on any atom is 0.260 e. The van der Waals surface area contributed by atoms with Crippen molar-refractivity contribution in [3.63, 3.8) is 0 Å². The van der Waals surface area contributed by atoms with Crippen molar-refractivity contribution in [1.29, 1.82) is 0 Å². The van der Waals surface area contributed by atoms with Crippen molar-refractivity contribution in [2.45, 2.75) is 27.7 Å². The van der Waals surface area contributed by atoms with Crippen LogP contribution >= 0.6 is 0 Å². The Morgan fingerprint density at radius 1 is 1.04 bits per heavy atom. The second kappa shape index (κ2) is 8.35. The lowest BCUT2D eigenvalue weighted by Crippen LogP contribution is -2.39. The molecule has 2 aromatic rings. The number of carbonyl (C=O) groups is 1. The maximum absolute atomic E-state index is 12.2. The molecule has 7 heteroatoms. The van der Waals surface area contributed by atoms with Gasteiger partial charge in [-0.1, -0.05) is 29.8 Å². The fourth-order valence-corrected chi connectivity index (χ4v) is 3.42. The van der Waals surface area contributed by atoms with Crippen molar-refractivity contribution >= 4 is 27.8 Å². The van der Waals surface area contributed by atoms with Crippen molar-refractivity contribution in [2.75, 3.05) is 17.1 Å². The van der Waals surface area contributed by atoms with Crippen molar-refractivity contribution in [3.8, 4) is 0 Å². The lowest BCUT2D eigenvalue weighted by molar-refractivity contribution is -0.119. The van der Waals surface area contributed by atoms with Crippen molar-refractivity contribution in [3.05, 3.63) is 64.2 Å². The van der Waals surface area contributed by atoms with E-state index < -0.39 is 15.9 Å². The SMILES string of the molecule is Cc1ccc(N(CC(=O)NN=Cc2ccc(C)c(C)c2C)S(C)(=O)=O)cc1. The number of benzene rings is 2. The number of nitrogens with one attached hydrogen (secondary N) is 1. The van der Waals surface area contributed by atoms with Gasteiger partial charge in [0.1, 0.15) is 6.54 Å². The second-order valence-electron chi connectivity index (χ2n) is 6.62. The van der Waals surface area contributed by atoms with E-state index in [1.807, 2.05) is 39.8 Å². The van der Waals surface area contributed by atoms with Crippen LogP contribution in [-0.4, -0.2) is 33.3 Å². The lowest BCUT2D eigenvalue weighted by Gasteiger charge is -2.21. The number of rotatable bonds is 6. The first-order chi connectivity index (χ1) is 12.6. The monoisotopic (exact) mass is 387 g/mol. The van der Waals surface area contributed by atoms with E-state index in [0.717, 1.165) is 27.3 Å². The van der Waals surface area contributed by atoms with E-state index in [4.69, 9.17) is 0 Å². The molecule has 0 fully saturated rings. The van der Waals surface area contributed by atoms with Crippen molar-refractivity contribution in [1.82, 2.24) is 5.43 Å². The number of anilines is 1. The Hall–Kier alpha value is -2.67. The third kappa shape index (κ3) is 5.40. The summed E-state index contributed by atoms with van der Waals surface area (Å²) in [4.78, 5) is 12.2. The van der Waals surface area contributed by atoms with Gasteiger partial charge in [-0.05, 0) is 62.1 Å². The molecule has 0 aromatic heterocycles. The van der Waals surface area contributed by atoms with E-state index in [0.29, 0.717) is 5.69 Å². The van der Waals surface area contributed by atoms with Crippen LogP contribution in [0.2, 0.25) is 0 Å². The molecule has 144 valence electrons. The van der Waals surface area contributed by atoms with Gasteiger partial charge in [0.2, 0.25) is 10.0 Å². The maximum atomic E-state index is 12.2. The predicted molar refractivity (Wildman–Crippen MR) is 110 cm³/mol. The van der Waals surface area contributed by atoms with Gasteiger partial charge >= 0.3 is 0 Å². The van der Waals surface area contributed by atoms with Crippen LogP contribution in [-0.2, 0) is 14.8 Å². The van der Waals surface area contributed by atoms with Gasteiger partial charge in [0, 0.05) is 0 Å². The van der Waals surface area contributed by atoms with Crippen molar-refractivity contribution < 1.29 is 13.2 Å². The number of nitrogens with zero attached hydrogens (tertiary/aromatic N) is 2. The normalized spacial score (nSPS) is 11.6. The van der Waals surface area contributed by atoms with Gasteiger partial charge in [-0.25, -0.2) is 13.8 Å². The van der Waals surface area contributed by atoms with Crippen LogP contribution in [0.3, 0.4) is 0 Å². The zero-order chi connectivity index (χ0) is 20.2. The highest BCUT2D eigenvalue weighted by atomic mass is 32.2. The number of carbonyl (C=O) groups excluding carboxylic acids is 1. The number of aryl methyl sites for hydroxylation is 2. The highest BCUT2D eigenvalue weighted by Gasteiger charge is 2.20. The summed E-state index contributed by atoms with van der Waals surface area (Å²) < 4.78 is 25.2. The zero-order valence-electron chi connectivity index (χ0n) is 16.3. The van der Waals surface area contributed by atoms with Crippen LogP contribution < -0.4 is 9.73 Å². The minimum Gasteiger partial charge on any atom is -0.271 e. The average Bonchev–Trinajstić information content (AvgIpc) is 2.60. The van der Waals surface area contributed by atoms with E-state index in [-0.39, 0.29) is 6.54 Å². The third-order valence-electron chi connectivity index (χ3n) is 4.50. The summed E-state index contributed by atoms with van der Waals surface area (Å²) in [5.74, 6) is -0.515. The third-order valence-corrected chi connectivity index (χ3v) is 5.64. The Bertz CT molecular complexity index is 965. The summed E-state index contributed by atoms with van der Waals surface area (Å²) in [6.45, 7) is 7.63. The summed E-state index contributed by atoms with van der Waals surface area (Å²) in [6.07, 6.45) is 2.64. The molecular weight excluding hydrogens is 362 g/mol. The van der Waals surface area contributed by atoms with E-state index in [1.54, 1.807) is 30.5 Å². The van der Waals surface area contributed by atoms with Gasteiger partial charge in [-0.15, -0.1) is 0 Å². The van der Waals surface area contributed by atoms with Crippen LogP contribution in [0, 0.1) is 27.7 Å². The van der Waals surface area contributed by atoms with E-state index in [1.165, 1.54) is 11.1 Å². The summed E-state index contributed by atoms with van der Waals surface area (Å²) in [5, 5.41) is 3.97. The summed E-state index contributed by atoms with van der Waals surface area (Å²) in [6, 6.07) is 10.9. The largest absolute Gasteiger partial charge is 0.271 e. The Morgan fingerprint density at radius 3 is 2.26 bits per heavy atom. The quantitative estimate of drug-likeness (QED) is 0.611. The molecule has 1 N–H and O–H groups in total. The Kier molecular flexibility index (Phi) is 6.38. The fourth-order valence-electron chi connectivity index (χ4n) is 2.57. The van der Waals surface area contributed by atoms with Gasteiger partial charge in [0.25, 0.3) is 5.91 Å². The Labute approximate surface area is 161 Å². The molecule has 2 rings (SSSR count). The van der Waals surface area contributed by atoms with Crippen LogP contribution in [0.5, 0.6) is 0 Å². The highest BCUT2D eigenvalue weighted by Crippen LogP contribution is 2.18. The molecule has 0 spiro atoms. The molecule has 0 saturated heterocycles. The molecule has 0 unspecified atom stereocenters. The predicted octanol–water partition coefficient (Wildman–Crippen LogP) is 2.84. The molecule has 0 radical (unpaired) electrons. The molecule has 27 heavy (non-hydrogen) atoms. The van der Waals surface area contributed by atoms with Gasteiger partial charge < -0.3 is 0 Å². The average molecular weight is 388 g/mol. The number of sulfonamides is 1.